The van der Waals surface area contributed by atoms with Crippen molar-refractivity contribution in [3.63, 3.8) is 0 Å². The van der Waals surface area contributed by atoms with Gasteiger partial charge in [0, 0.05) is 6.54 Å². The number of rotatable bonds is 6. The van der Waals surface area contributed by atoms with Gasteiger partial charge in [-0.1, -0.05) is 48.0 Å². The van der Waals surface area contributed by atoms with Gasteiger partial charge in [-0.25, -0.2) is 0 Å². The predicted molar refractivity (Wildman–Crippen MR) is 90.9 cm³/mol. The summed E-state index contributed by atoms with van der Waals surface area (Å²) < 4.78 is 28.8. The second kappa shape index (κ2) is 9.82. The first-order valence-electron chi connectivity index (χ1n) is 7.27. The largest absolute Gasteiger partial charge is 0.481 e. The molecule has 0 aliphatic rings. The van der Waals surface area contributed by atoms with Gasteiger partial charge in [0.15, 0.2) is 0 Å². The molecule has 6 nitrogen and oxygen atoms in total. The van der Waals surface area contributed by atoms with Crippen molar-refractivity contribution in [3.8, 4) is 0 Å². The molecular formula is C17H21NO5S. The molecule has 2 aromatic rings. The van der Waals surface area contributed by atoms with Crippen LogP contribution in [0.1, 0.15) is 17.5 Å². The average Bonchev–Trinajstić information content (AvgIpc) is 2.55. The zero-order valence-corrected chi connectivity index (χ0v) is 14.2. The number of benzene rings is 2. The number of aliphatic carboxylic acids is 1. The highest BCUT2D eigenvalue weighted by atomic mass is 32.2. The molecule has 0 aromatic heterocycles. The lowest BCUT2D eigenvalue weighted by Crippen LogP contribution is -2.06. The molecule has 0 saturated carbocycles. The van der Waals surface area contributed by atoms with Crippen molar-refractivity contribution in [1.29, 1.82) is 0 Å². The van der Waals surface area contributed by atoms with Crippen LogP contribution in [-0.2, 0) is 25.7 Å². The fraction of sp³-hybridized carbons (Fsp3) is 0.235. The average molecular weight is 351 g/mol. The molecule has 3 N–H and O–H groups in total. The molecule has 7 heteroatoms. The number of carboxylic acids is 1. The maximum absolute atomic E-state index is 11.9. The van der Waals surface area contributed by atoms with Crippen molar-refractivity contribution in [1.82, 2.24) is 0 Å². The lowest BCUT2D eigenvalue weighted by molar-refractivity contribution is -0.136. The van der Waals surface area contributed by atoms with Crippen LogP contribution >= 0.6 is 0 Å². The SMILES string of the molecule is Cc1ccc(S(=O)(=O)OCc2ccccc2)cc1.NCCC(=O)O. The lowest BCUT2D eigenvalue weighted by Gasteiger charge is -2.06. The van der Waals surface area contributed by atoms with Gasteiger partial charge in [-0.05, 0) is 24.6 Å². The van der Waals surface area contributed by atoms with Gasteiger partial charge in [0.25, 0.3) is 10.1 Å². The van der Waals surface area contributed by atoms with E-state index in [4.69, 9.17) is 15.0 Å². The summed E-state index contributed by atoms with van der Waals surface area (Å²) in [4.78, 5) is 9.70. The van der Waals surface area contributed by atoms with Crippen LogP contribution in [0.5, 0.6) is 0 Å². The van der Waals surface area contributed by atoms with Gasteiger partial charge < -0.3 is 10.8 Å². The van der Waals surface area contributed by atoms with Gasteiger partial charge in [0.1, 0.15) is 0 Å². The van der Waals surface area contributed by atoms with Crippen LogP contribution in [-0.4, -0.2) is 26.0 Å². The van der Waals surface area contributed by atoms with Gasteiger partial charge >= 0.3 is 5.97 Å². The predicted octanol–water partition coefficient (Wildman–Crippen LogP) is 2.32. The molecule has 0 spiro atoms. The Morgan fingerprint density at radius 2 is 1.67 bits per heavy atom. The molecule has 0 saturated heterocycles. The van der Waals surface area contributed by atoms with E-state index in [1.807, 2.05) is 37.3 Å². The Balaban J connectivity index is 0.000000413. The van der Waals surface area contributed by atoms with E-state index in [1.165, 1.54) is 0 Å². The van der Waals surface area contributed by atoms with E-state index in [9.17, 15) is 13.2 Å². The maximum Gasteiger partial charge on any atom is 0.304 e. The Bertz CT molecular complexity index is 727. The number of hydrogen-bond donors (Lipinski definition) is 2. The number of aryl methyl sites for hydroxylation is 1. The lowest BCUT2D eigenvalue weighted by atomic mass is 10.2. The highest BCUT2D eigenvalue weighted by molar-refractivity contribution is 7.86. The van der Waals surface area contributed by atoms with E-state index in [0.717, 1.165) is 11.1 Å². The second-order valence-electron chi connectivity index (χ2n) is 4.95. The fourth-order valence-corrected chi connectivity index (χ4v) is 2.51. The van der Waals surface area contributed by atoms with Gasteiger partial charge in [-0.3, -0.25) is 8.98 Å². The zero-order chi connectivity index (χ0) is 18.0. The molecule has 0 fully saturated rings. The first-order valence-corrected chi connectivity index (χ1v) is 8.68. The van der Waals surface area contributed by atoms with Crippen LogP contribution in [0.2, 0.25) is 0 Å². The van der Waals surface area contributed by atoms with Crippen LogP contribution < -0.4 is 5.73 Å². The topological polar surface area (TPSA) is 107 Å². The Hall–Kier alpha value is -2.22. The molecular weight excluding hydrogens is 330 g/mol. The molecule has 0 aliphatic heterocycles. The van der Waals surface area contributed by atoms with E-state index in [-0.39, 0.29) is 24.5 Å². The van der Waals surface area contributed by atoms with Crippen molar-refractivity contribution in [2.45, 2.75) is 24.8 Å². The third-order valence-corrected chi connectivity index (χ3v) is 4.17. The van der Waals surface area contributed by atoms with Crippen molar-refractivity contribution < 1.29 is 22.5 Å². The summed E-state index contributed by atoms with van der Waals surface area (Å²) in [6.07, 6.45) is 0.0694. The molecule has 130 valence electrons. The molecule has 2 rings (SSSR count). The van der Waals surface area contributed by atoms with E-state index in [0.29, 0.717) is 0 Å². The number of nitrogens with two attached hydrogens (primary N) is 1. The summed E-state index contributed by atoms with van der Waals surface area (Å²) in [6.45, 7) is 2.19. The van der Waals surface area contributed by atoms with Crippen LogP contribution in [0, 0.1) is 6.92 Å². The standard InChI is InChI=1S/C14H14O3S.C3H7NO2/c1-12-7-9-14(10-8-12)18(15,16)17-11-13-5-3-2-4-6-13;4-2-1-3(5)6/h2-10H,11H2,1H3;1-2,4H2,(H,5,6). The van der Waals surface area contributed by atoms with E-state index >= 15 is 0 Å². The number of carboxylic acid groups (broad SMARTS) is 1. The maximum atomic E-state index is 11.9. The minimum absolute atomic E-state index is 0.0526. The van der Waals surface area contributed by atoms with Gasteiger partial charge in [0.05, 0.1) is 17.9 Å². The van der Waals surface area contributed by atoms with Crippen molar-refractivity contribution in [3.05, 3.63) is 65.7 Å². The van der Waals surface area contributed by atoms with Crippen LogP contribution in [0.25, 0.3) is 0 Å². The summed E-state index contributed by atoms with van der Waals surface area (Å²) in [5, 5.41) is 7.83. The number of hydrogen-bond acceptors (Lipinski definition) is 5. The summed E-state index contributed by atoms with van der Waals surface area (Å²) in [5.41, 5.74) is 6.69. The van der Waals surface area contributed by atoms with Gasteiger partial charge in [0.2, 0.25) is 0 Å². The molecule has 2 aromatic carbocycles. The quantitative estimate of drug-likeness (QED) is 0.774. The van der Waals surface area contributed by atoms with Crippen LogP contribution in [0.3, 0.4) is 0 Å². The van der Waals surface area contributed by atoms with Crippen molar-refractivity contribution >= 4 is 16.1 Å². The minimum atomic E-state index is -3.68. The Morgan fingerprint density at radius 1 is 1.08 bits per heavy atom. The first-order chi connectivity index (χ1) is 11.3. The molecule has 0 unspecified atom stereocenters. The highest BCUT2D eigenvalue weighted by Gasteiger charge is 2.14. The molecule has 0 bridgehead atoms. The first kappa shape index (κ1) is 19.8. The molecule has 0 aliphatic carbocycles. The van der Waals surface area contributed by atoms with Crippen molar-refractivity contribution in [2.75, 3.05) is 6.54 Å². The normalized spacial score (nSPS) is 10.6. The Morgan fingerprint density at radius 3 is 2.12 bits per heavy atom. The summed E-state index contributed by atoms with van der Waals surface area (Å²) in [6, 6.07) is 15.8. The van der Waals surface area contributed by atoms with Crippen LogP contribution in [0.15, 0.2) is 59.5 Å². The Kier molecular flexibility index (Phi) is 8.11. The van der Waals surface area contributed by atoms with Gasteiger partial charge in [-0.2, -0.15) is 8.42 Å². The minimum Gasteiger partial charge on any atom is -0.481 e. The van der Waals surface area contributed by atoms with E-state index in [2.05, 4.69) is 0 Å². The molecule has 24 heavy (non-hydrogen) atoms. The third-order valence-electron chi connectivity index (χ3n) is 2.89. The Labute approximate surface area is 142 Å². The smallest absolute Gasteiger partial charge is 0.304 e. The zero-order valence-electron chi connectivity index (χ0n) is 13.4. The van der Waals surface area contributed by atoms with Crippen LogP contribution in [0.4, 0.5) is 0 Å². The van der Waals surface area contributed by atoms with E-state index < -0.39 is 16.1 Å². The second-order valence-corrected chi connectivity index (χ2v) is 6.56. The van der Waals surface area contributed by atoms with Gasteiger partial charge in [-0.15, -0.1) is 0 Å². The molecule has 0 radical (unpaired) electrons. The summed E-state index contributed by atoms with van der Waals surface area (Å²) in [5.74, 6) is -0.836. The summed E-state index contributed by atoms with van der Waals surface area (Å²) >= 11 is 0. The molecule has 0 amide bonds. The molecule has 0 heterocycles. The molecule has 0 atom stereocenters. The fourth-order valence-electron chi connectivity index (χ4n) is 1.62. The summed E-state index contributed by atoms with van der Waals surface area (Å²) in [7, 11) is -3.68. The van der Waals surface area contributed by atoms with E-state index in [1.54, 1.807) is 24.3 Å². The third kappa shape index (κ3) is 7.36. The number of carbonyl (C=O) groups is 1. The monoisotopic (exact) mass is 351 g/mol. The van der Waals surface area contributed by atoms with Crippen molar-refractivity contribution in [2.24, 2.45) is 5.73 Å². The highest BCUT2D eigenvalue weighted by Crippen LogP contribution is 2.15.